The van der Waals surface area contributed by atoms with Gasteiger partial charge >= 0.3 is 0 Å². The number of ether oxygens (including phenoxy) is 2. The fourth-order valence-corrected chi connectivity index (χ4v) is 4.12. The van der Waals surface area contributed by atoms with Crippen molar-refractivity contribution in [3.8, 4) is 17.0 Å². The van der Waals surface area contributed by atoms with Crippen LogP contribution in [0.2, 0.25) is 25.7 Å². The molecule has 0 radical (unpaired) electrons. The van der Waals surface area contributed by atoms with Gasteiger partial charge in [0.15, 0.2) is 0 Å². The summed E-state index contributed by atoms with van der Waals surface area (Å²) in [6, 6.07) is 21.6. The van der Waals surface area contributed by atoms with Crippen molar-refractivity contribution in [3.63, 3.8) is 0 Å². The van der Waals surface area contributed by atoms with E-state index in [2.05, 4.69) is 64.5 Å². The van der Waals surface area contributed by atoms with E-state index in [-0.39, 0.29) is 0 Å². The van der Waals surface area contributed by atoms with Gasteiger partial charge in [-0.05, 0) is 47.5 Å². The summed E-state index contributed by atoms with van der Waals surface area (Å²) in [5, 5.41) is 1.01. The van der Waals surface area contributed by atoms with E-state index < -0.39 is 8.07 Å². The maximum absolute atomic E-state index is 6.05. The van der Waals surface area contributed by atoms with E-state index in [0.29, 0.717) is 13.3 Å². The zero-order valence-corrected chi connectivity index (χ0v) is 19.4. The number of rotatable bonds is 9. The Labute approximate surface area is 184 Å². The Morgan fingerprint density at radius 3 is 2.48 bits per heavy atom. The molecule has 0 aliphatic heterocycles. The van der Waals surface area contributed by atoms with E-state index >= 15 is 0 Å². The summed E-state index contributed by atoms with van der Waals surface area (Å²) >= 11 is 0. The molecule has 2 heterocycles. The van der Waals surface area contributed by atoms with Gasteiger partial charge in [0.05, 0.1) is 5.69 Å². The van der Waals surface area contributed by atoms with Crippen molar-refractivity contribution in [3.05, 3.63) is 78.8 Å². The highest BCUT2D eigenvalue weighted by Gasteiger charge is 2.15. The van der Waals surface area contributed by atoms with Crippen molar-refractivity contribution in [2.24, 2.45) is 0 Å². The maximum atomic E-state index is 6.05. The first-order chi connectivity index (χ1) is 15.0. The molecule has 0 aliphatic carbocycles. The number of fused-ring (bicyclic) bond motifs is 1. The molecule has 0 unspecified atom stereocenters. The SMILES string of the molecule is C[Si](C)(C)CCOCn1c(-c2ccc(OCc3ccccc3)cc2)cc2cncnc21. The van der Waals surface area contributed by atoms with Crippen LogP contribution in [-0.2, 0) is 18.1 Å². The van der Waals surface area contributed by atoms with Gasteiger partial charge in [-0.15, -0.1) is 0 Å². The van der Waals surface area contributed by atoms with Crippen LogP contribution in [0.5, 0.6) is 5.75 Å². The van der Waals surface area contributed by atoms with Crippen molar-refractivity contribution < 1.29 is 9.47 Å². The van der Waals surface area contributed by atoms with E-state index in [0.717, 1.165) is 46.3 Å². The summed E-state index contributed by atoms with van der Waals surface area (Å²) in [4.78, 5) is 8.67. The molecule has 0 saturated heterocycles. The fraction of sp³-hybridized carbons (Fsp3) is 0.280. The highest BCUT2D eigenvalue weighted by atomic mass is 28.3. The molecule has 0 fully saturated rings. The topological polar surface area (TPSA) is 49.2 Å². The van der Waals surface area contributed by atoms with Gasteiger partial charge in [-0.1, -0.05) is 50.0 Å². The molecule has 0 saturated carbocycles. The minimum absolute atomic E-state index is 0.479. The summed E-state index contributed by atoms with van der Waals surface area (Å²) in [5.41, 5.74) is 4.21. The average Bonchev–Trinajstić information content (AvgIpc) is 3.14. The molecule has 2 aromatic heterocycles. The summed E-state index contributed by atoms with van der Waals surface area (Å²) in [6.45, 7) is 8.89. The van der Waals surface area contributed by atoms with Crippen LogP contribution in [0.4, 0.5) is 0 Å². The number of aromatic nitrogens is 3. The molecule has 0 spiro atoms. The standard InChI is InChI=1S/C25H29N3O2Si/c1-31(2,3)14-13-29-19-28-24(15-22-16-26-18-27-25(22)28)21-9-11-23(12-10-21)30-17-20-7-5-4-6-8-20/h4-12,15-16,18H,13-14,17,19H2,1-3H3. The fourth-order valence-electron chi connectivity index (χ4n) is 3.37. The highest BCUT2D eigenvalue weighted by molar-refractivity contribution is 6.76. The van der Waals surface area contributed by atoms with E-state index in [4.69, 9.17) is 9.47 Å². The van der Waals surface area contributed by atoms with Gasteiger partial charge in [0.25, 0.3) is 0 Å². The molecular weight excluding hydrogens is 402 g/mol. The van der Waals surface area contributed by atoms with Crippen LogP contribution in [0, 0.1) is 0 Å². The Morgan fingerprint density at radius 1 is 0.968 bits per heavy atom. The summed E-state index contributed by atoms with van der Waals surface area (Å²) in [7, 11) is -1.12. The number of nitrogens with zero attached hydrogens (tertiary/aromatic N) is 3. The predicted molar refractivity (Wildman–Crippen MR) is 128 cm³/mol. The van der Waals surface area contributed by atoms with Crippen molar-refractivity contribution in [1.82, 2.24) is 14.5 Å². The lowest BCUT2D eigenvalue weighted by Gasteiger charge is -2.16. The van der Waals surface area contributed by atoms with Crippen LogP contribution < -0.4 is 4.74 Å². The Bertz CT molecular complexity index is 1120. The van der Waals surface area contributed by atoms with Gasteiger partial charge in [0.2, 0.25) is 0 Å². The third kappa shape index (κ3) is 5.60. The minimum atomic E-state index is -1.12. The molecule has 6 heteroatoms. The van der Waals surface area contributed by atoms with E-state index in [9.17, 15) is 0 Å². The zero-order valence-electron chi connectivity index (χ0n) is 18.4. The second kappa shape index (κ2) is 9.45. The molecule has 0 atom stereocenters. The quantitative estimate of drug-likeness (QED) is 0.241. The third-order valence-electron chi connectivity index (χ3n) is 5.17. The van der Waals surface area contributed by atoms with Crippen molar-refractivity contribution in [1.29, 1.82) is 0 Å². The monoisotopic (exact) mass is 431 g/mol. The molecule has 4 aromatic rings. The molecule has 0 N–H and O–H groups in total. The molecule has 0 amide bonds. The number of hydrogen-bond acceptors (Lipinski definition) is 4. The second-order valence-corrected chi connectivity index (χ2v) is 14.5. The normalized spacial score (nSPS) is 11.7. The lowest BCUT2D eigenvalue weighted by atomic mass is 10.1. The van der Waals surface area contributed by atoms with Crippen molar-refractivity contribution in [2.75, 3.05) is 6.61 Å². The molecular formula is C25H29N3O2Si. The van der Waals surface area contributed by atoms with Crippen LogP contribution in [0.15, 0.2) is 73.2 Å². The van der Waals surface area contributed by atoms with Gasteiger partial charge in [-0.25, -0.2) is 9.97 Å². The van der Waals surface area contributed by atoms with Gasteiger partial charge < -0.3 is 14.0 Å². The second-order valence-electron chi connectivity index (χ2n) is 8.91. The minimum Gasteiger partial charge on any atom is -0.489 e. The lowest BCUT2D eigenvalue weighted by molar-refractivity contribution is 0.0909. The molecule has 31 heavy (non-hydrogen) atoms. The van der Waals surface area contributed by atoms with Crippen molar-refractivity contribution >= 4 is 19.1 Å². The Kier molecular flexibility index (Phi) is 6.49. The Morgan fingerprint density at radius 2 is 1.74 bits per heavy atom. The lowest BCUT2D eigenvalue weighted by Crippen LogP contribution is -2.22. The van der Waals surface area contributed by atoms with Gasteiger partial charge in [0, 0.05) is 26.3 Å². The van der Waals surface area contributed by atoms with E-state index in [1.807, 2.05) is 36.5 Å². The first-order valence-corrected chi connectivity index (χ1v) is 14.3. The number of benzene rings is 2. The first-order valence-electron chi connectivity index (χ1n) is 10.6. The van der Waals surface area contributed by atoms with Gasteiger partial charge in [0.1, 0.15) is 31.1 Å². The molecule has 2 aromatic carbocycles. The van der Waals surface area contributed by atoms with E-state index in [1.54, 1.807) is 6.33 Å². The van der Waals surface area contributed by atoms with Crippen LogP contribution in [-0.4, -0.2) is 29.2 Å². The van der Waals surface area contributed by atoms with Crippen LogP contribution in [0.3, 0.4) is 0 Å². The van der Waals surface area contributed by atoms with Crippen LogP contribution >= 0.6 is 0 Å². The molecule has 5 nitrogen and oxygen atoms in total. The third-order valence-corrected chi connectivity index (χ3v) is 6.88. The average molecular weight is 432 g/mol. The molecule has 0 bridgehead atoms. The first kappa shape index (κ1) is 21.3. The molecule has 160 valence electrons. The number of hydrogen-bond donors (Lipinski definition) is 0. The Balaban J connectivity index is 1.51. The van der Waals surface area contributed by atoms with Gasteiger partial charge in [-0.2, -0.15) is 0 Å². The van der Waals surface area contributed by atoms with E-state index in [1.165, 1.54) is 0 Å². The molecule has 0 aliphatic rings. The summed E-state index contributed by atoms with van der Waals surface area (Å²) in [5.74, 6) is 0.849. The predicted octanol–water partition coefficient (Wildman–Crippen LogP) is 5.99. The van der Waals surface area contributed by atoms with Crippen LogP contribution in [0.25, 0.3) is 22.3 Å². The van der Waals surface area contributed by atoms with Gasteiger partial charge in [-0.3, -0.25) is 0 Å². The smallest absolute Gasteiger partial charge is 0.145 e. The zero-order chi connectivity index (χ0) is 21.7. The largest absolute Gasteiger partial charge is 0.489 e. The Hall–Kier alpha value is -2.96. The maximum Gasteiger partial charge on any atom is 0.145 e. The van der Waals surface area contributed by atoms with Crippen LogP contribution in [0.1, 0.15) is 5.56 Å². The molecule has 4 rings (SSSR count). The van der Waals surface area contributed by atoms with Crippen molar-refractivity contribution in [2.45, 2.75) is 39.0 Å². The summed E-state index contributed by atoms with van der Waals surface area (Å²) < 4.78 is 14.1. The highest BCUT2D eigenvalue weighted by Crippen LogP contribution is 2.28. The summed E-state index contributed by atoms with van der Waals surface area (Å²) in [6.07, 6.45) is 3.44.